The topological polar surface area (TPSA) is 47.0 Å². The van der Waals surface area contributed by atoms with Crippen LogP contribution in [0, 0.1) is 0 Å². The molecule has 6 heteroatoms. The largest absolute Gasteiger partial charge is 0.377 e. The lowest BCUT2D eigenvalue weighted by molar-refractivity contribution is 0.129. The summed E-state index contributed by atoms with van der Waals surface area (Å²) in [6, 6.07) is 2.06. The molecule has 4 nitrogen and oxygen atoms in total. The molecule has 1 fully saturated rings. The van der Waals surface area contributed by atoms with Gasteiger partial charge in [-0.15, -0.1) is 11.3 Å². The first-order chi connectivity index (χ1) is 9.36. The number of ether oxygens (including phenoxy) is 1. The average Bonchev–Trinajstić information content (AvgIpc) is 3.08. The van der Waals surface area contributed by atoms with Crippen molar-refractivity contribution in [2.24, 2.45) is 0 Å². The zero-order valence-corrected chi connectivity index (χ0v) is 12.5. The number of rotatable bonds is 5. The highest BCUT2D eigenvalue weighted by Gasteiger charge is 2.15. The van der Waals surface area contributed by atoms with E-state index in [1.165, 1.54) is 12.8 Å². The first-order valence-corrected chi connectivity index (χ1v) is 8.51. The summed E-state index contributed by atoms with van der Waals surface area (Å²) in [5.74, 6) is 3.73. The van der Waals surface area contributed by atoms with Crippen LogP contribution in [0.4, 0.5) is 5.82 Å². The van der Waals surface area contributed by atoms with Gasteiger partial charge in [0.05, 0.1) is 17.2 Å². The Labute approximate surface area is 121 Å². The molecule has 2 aromatic rings. The Kier molecular flexibility index (Phi) is 4.20. The molecule has 1 atom stereocenters. The normalized spacial score (nSPS) is 19.1. The number of thiophene rings is 1. The van der Waals surface area contributed by atoms with Crippen molar-refractivity contribution in [2.45, 2.75) is 24.7 Å². The van der Waals surface area contributed by atoms with Gasteiger partial charge in [-0.2, -0.15) is 11.8 Å². The first-order valence-electron chi connectivity index (χ1n) is 6.48. The maximum absolute atomic E-state index is 5.62. The molecule has 1 unspecified atom stereocenters. The Morgan fingerprint density at radius 1 is 1.53 bits per heavy atom. The summed E-state index contributed by atoms with van der Waals surface area (Å²) in [5.41, 5.74) is 0. The van der Waals surface area contributed by atoms with Crippen molar-refractivity contribution in [1.29, 1.82) is 0 Å². The number of nitrogens with one attached hydrogen (secondary N) is 1. The molecule has 1 aliphatic heterocycles. The summed E-state index contributed by atoms with van der Waals surface area (Å²) in [6.07, 6.45) is 2.83. The fourth-order valence-corrected chi connectivity index (χ4v) is 3.95. The van der Waals surface area contributed by atoms with E-state index in [0.29, 0.717) is 6.10 Å². The lowest BCUT2D eigenvalue weighted by Crippen LogP contribution is -2.08. The van der Waals surface area contributed by atoms with Crippen molar-refractivity contribution < 1.29 is 4.74 Å². The molecule has 1 saturated heterocycles. The Morgan fingerprint density at radius 2 is 2.47 bits per heavy atom. The van der Waals surface area contributed by atoms with Crippen molar-refractivity contribution >= 4 is 39.1 Å². The summed E-state index contributed by atoms with van der Waals surface area (Å²) in [5, 5.41) is 6.32. The molecule has 0 spiro atoms. The van der Waals surface area contributed by atoms with Gasteiger partial charge in [0.1, 0.15) is 16.5 Å². The second kappa shape index (κ2) is 6.07. The van der Waals surface area contributed by atoms with Crippen molar-refractivity contribution in [3.63, 3.8) is 0 Å². The van der Waals surface area contributed by atoms with E-state index in [0.717, 1.165) is 40.0 Å². The Hall–Kier alpha value is -0.850. The SMILES string of the molecule is CNc1nc(CSCC2CCCO2)nc2sccc12. The van der Waals surface area contributed by atoms with Gasteiger partial charge in [-0.25, -0.2) is 9.97 Å². The van der Waals surface area contributed by atoms with Gasteiger partial charge >= 0.3 is 0 Å². The summed E-state index contributed by atoms with van der Waals surface area (Å²) >= 11 is 3.53. The Morgan fingerprint density at radius 3 is 3.26 bits per heavy atom. The molecule has 0 aliphatic carbocycles. The molecule has 3 heterocycles. The van der Waals surface area contributed by atoms with Crippen molar-refractivity contribution in [3.05, 3.63) is 17.3 Å². The zero-order valence-electron chi connectivity index (χ0n) is 10.9. The van der Waals surface area contributed by atoms with Crippen LogP contribution in [0.3, 0.4) is 0 Å². The van der Waals surface area contributed by atoms with E-state index in [4.69, 9.17) is 4.74 Å². The Bertz CT molecular complexity index is 552. The molecule has 2 aromatic heterocycles. The van der Waals surface area contributed by atoms with Crippen LogP contribution >= 0.6 is 23.1 Å². The Balaban J connectivity index is 1.66. The predicted molar refractivity (Wildman–Crippen MR) is 82.1 cm³/mol. The third kappa shape index (κ3) is 3.01. The van der Waals surface area contributed by atoms with E-state index in [2.05, 4.69) is 26.7 Å². The van der Waals surface area contributed by atoms with Crippen LogP contribution in [0.1, 0.15) is 18.7 Å². The van der Waals surface area contributed by atoms with Gasteiger partial charge in [0.15, 0.2) is 0 Å². The number of aromatic nitrogens is 2. The third-order valence-electron chi connectivity index (χ3n) is 3.17. The third-order valence-corrected chi connectivity index (χ3v) is 5.04. The molecule has 0 bridgehead atoms. The second-order valence-electron chi connectivity index (χ2n) is 4.53. The maximum Gasteiger partial charge on any atom is 0.142 e. The number of nitrogens with zero attached hydrogens (tertiary/aromatic N) is 2. The lowest BCUT2D eigenvalue weighted by atomic mass is 10.3. The van der Waals surface area contributed by atoms with Gasteiger partial charge in [-0.3, -0.25) is 0 Å². The van der Waals surface area contributed by atoms with Gasteiger partial charge < -0.3 is 10.1 Å². The highest BCUT2D eigenvalue weighted by Crippen LogP contribution is 2.26. The fourth-order valence-electron chi connectivity index (χ4n) is 2.21. The highest BCUT2D eigenvalue weighted by molar-refractivity contribution is 7.98. The number of anilines is 1. The monoisotopic (exact) mass is 295 g/mol. The average molecular weight is 295 g/mol. The molecule has 3 rings (SSSR count). The van der Waals surface area contributed by atoms with Crippen LogP contribution in [0.5, 0.6) is 0 Å². The number of hydrogen-bond donors (Lipinski definition) is 1. The second-order valence-corrected chi connectivity index (χ2v) is 6.45. The molecule has 0 amide bonds. The van der Waals surface area contributed by atoms with Crippen molar-refractivity contribution in [1.82, 2.24) is 9.97 Å². The zero-order chi connectivity index (χ0) is 13.1. The van der Waals surface area contributed by atoms with E-state index in [1.807, 2.05) is 18.8 Å². The van der Waals surface area contributed by atoms with Gasteiger partial charge in [0, 0.05) is 19.4 Å². The van der Waals surface area contributed by atoms with Gasteiger partial charge in [-0.1, -0.05) is 0 Å². The van der Waals surface area contributed by atoms with E-state index < -0.39 is 0 Å². The highest BCUT2D eigenvalue weighted by atomic mass is 32.2. The van der Waals surface area contributed by atoms with E-state index >= 15 is 0 Å². The molecule has 19 heavy (non-hydrogen) atoms. The van der Waals surface area contributed by atoms with Gasteiger partial charge in [-0.05, 0) is 24.3 Å². The van der Waals surface area contributed by atoms with E-state index in [-0.39, 0.29) is 0 Å². The van der Waals surface area contributed by atoms with E-state index in [1.54, 1.807) is 11.3 Å². The van der Waals surface area contributed by atoms with Gasteiger partial charge in [0.2, 0.25) is 0 Å². The smallest absolute Gasteiger partial charge is 0.142 e. The standard InChI is InChI=1S/C13H17N3OS2/c1-14-12-10-4-6-19-13(10)16-11(15-12)8-18-7-9-3-2-5-17-9/h4,6,9H,2-3,5,7-8H2,1H3,(H,14,15,16). The summed E-state index contributed by atoms with van der Waals surface area (Å²) in [4.78, 5) is 10.3. The predicted octanol–water partition coefficient (Wildman–Crippen LogP) is 3.15. The maximum atomic E-state index is 5.62. The molecule has 0 saturated carbocycles. The number of hydrogen-bond acceptors (Lipinski definition) is 6. The lowest BCUT2D eigenvalue weighted by Gasteiger charge is -2.09. The number of fused-ring (bicyclic) bond motifs is 1. The quantitative estimate of drug-likeness (QED) is 0.918. The molecule has 102 valence electrons. The molecular weight excluding hydrogens is 278 g/mol. The summed E-state index contributed by atoms with van der Waals surface area (Å²) in [6.45, 7) is 0.923. The van der Waals surface area contributed by atoms with Crippen molar-refractivity contribution in [2.75, 3.05) is 24.7 Å². The van der Waals surface area contributed by atoms with E-state index in [9.17, 15) is 0 Å². The minimum atomic E-state index is 0.430. The molecular formula is C13H17N3OS2. The molecule has 1 N–H and O–H groups in total. The summed E-state index contributed by atoms with van der Waals surface area (Å²) in [7, 11) is 1.91. The van der Waals surface area contributed by atoms with Crippen LogP contribution in [-0.2, 0) is 10.5 Å². The molecule has 0 aromatic carbocycles. The van der Waals surface area contributed by atoms with Crippen LogP contribution in [0.2, 0.25) is 0 Å². The van der Waals surface area contributed by atoms with Crippen LogP contribution in [0.15, 0.2) is 11.4 Å². The fraction of sp³-hybridized carbons (Fsp3) is 0.538. The summed E-state index contributed by atoms with van der Waals surface area (Å²) < 4.78 is 5.62. The molecule has 0 radical (unpaired) electrons. The minimum Gasteiger partial charge on any atom is -0.377 e. The minimum absolute atomic E-state index is 0.430. The van der Waals surface area contributed by atoms with Crippen LogP contribution in [-0.4, -0.2) is 35.5 Å². The van der Waals surface area contributed by atoms with Crippen LogP contribution < -0.4 is 5.32 Å². The first kappa shape index (κ1) is 13.1. The number of thioether (sulfide) groups is 1. The van der Waals surface area contributed by atoms with Crippen LogP contribution in [0.25, 0.3) is 10.2 Å². The van der Waals surface area contributed by atoms with Gasteiger partial charge in [0.25, 0.3) is 0 Å². The van der Waals surface area contributed by atoms with Crippen molar-refractivity contribution in [3.8, 4) is 0 Å². The molecule has 1 aliphatic rings.